The van der Waals surface area contributed by atoms with Gasteiger partial charge in [-0.1, -0.05) is 6.07 Å². The lowest BCUT2D eigenvalue weighted by atomic mass is 10.2. The minimum Gasteiger partial charge on any atom is -0.346 e. The number of aromatic nitrogens is 3. The van der Waals surface area contributed by atoms with E-state index in [1.54, 1.807) is 0 Å². The van der Waals surface area contributed by atoms with Crippen LogP contribution in [0.2, 0.25) is 0 Å². The standard InChI is InChI=1S/C20H18N4O/c1-15-5-4-6-19-22-17(14-24(15)19)13-21-20(25)16-7-9-18(10-8-16)23-11-2-3-12-23/h2-12,14H,13H2,1H3,(H,21,25). The lowest BCUT2D eigenvalue weighted by Crippen LogP contribution is -2.22. The fourth-order valence-corrected chi connectivity index (χ4v) is 2.85. The molecule has 4 aromatic rings. The number of benzene rings is 1. The molecule has 0 aliphatic heterocycles. The van der Waals surface area contributed by atoms with Crippen LogP contribution >= 0.6 is 0 Å². The third-order valence-corrected chi connectivity index (χ3v) is 4.21. The van der Waals surface area contributed by atoms with E-state index in [9.17, 15) is 4.79 Å². The number of nitrogens with zero attached hydrogens (tertiary/aromatic N) is 3. The van der Waals surface area contributed by atoms with E-state index >= 15 is 0 Å². The van der Waals surface area contributed by atoms with Crippen molar-refractivity contribution in [2.24, 2.45) is 0 Å². The summed E-state index contributed by atoms with van der Waals surface area (Å²) in [6.45, 7) is 2.43. The van der Waals surface area contributed by atoms with Crippen molar-refractivity contribution in [2.75, 3.05) is 0 Å². The summed E-state index contributed by atoms with van der Waals surface area (Å²) in [5.41, 5.74) is 4.50. The fourth-order valence-electron chi connectivity index (χ4n) is 2.85. The highest BCUT2D eigenvalue weighted by molar-refractivity contribution is 5.94. The summed E-state index contributed by atoms with van der Waals surface area (Å²) < 4.78 is 4.02. The second-order valence-corrected chi connectivity index (χ2v) is 5.95. The molecule has 1 N–H and O–H groups in total. The van der Waals surface area contributed by atoms with Crippen LogP contribution < -0.4 is 5.32 Å². The maximum absolute atomic E-state index is 12.3. The minimum absolute atomic E-state index is 0.104. The summed E-state index contributed by atoms with van der Waals surface area (Å²) in [6, 6.07) is 17.4. The lowest BCUT2D eigenvalue weighted by Gasteiger charge is -2.06. The molecule has 5 heteroatoms. The van der Waals surface area contributed by atoms with Crippen molar-refractivity contribution in [3.8, 4) is 5.69 Å². The van der Waals surface area contributed by atoms with E-state index in [-0.39, 0.29) is 5.91 Å². The molecule has 25 heavy (non-hydrogen) atoms. The van der Waals surface area contributed by atoms with Gasteiger partial charge in [-0.15, -0.1) is 0 Å². The van der Waals surface area contributed by atoms with E-state index in [0.29, 0.717) is 12.1 Å². The first-order valence-corrected chi connectivity index (χ1v) is 8.16. The van der Waals surface area contributed by atoms with Gasteiger partial charge >= 0.3 is 0 Å². The monoisotopic (exact) mass is 330 g/mol. The zero-order valence-corrected chi connectivity index (χ0v) is 13.9. The first-order valence-electron chi connectivity index (χ1n) is 8.16. The maximum atomic E-state index is 12.3. The molecule has 0 radical (unpaired) electrons. The number of hydrogen-bond acceptors (Lipinski definition) is 2. The Balaban J connectivity index is 1.45. The molecule has 0 atom stereocenters. The number of rotatable bonds is 4. The lowest BCUT2D eigenvalue weighted by molar-refractivity contribution is 0.0950. The number of imidazole rings is 1. The maximum Gasteiger partial charge on any atom is 0.251 e. The van der Waals surface area contributed by atoms with E-state index in [1.807, 2.05) is 89.1 Å². The number of nitrogens with one attached hydrogen (secondary N) is 1. The second-order valence-electron chi connectivity index (χ2n) is 5.95. The fraction of sp³-hybridized carbons (Fsp3) is 0.100. The summed E-state index contributed by atoms with van der Waals surface area (Å²) in [6.07, 6.45) is 5.90. The van der Waals surface area contributed by atoms with E-state index in [2.05, 4.69) is 10.3 Å². The molecule has 124 valence electrons. The molecule has 0 spiro atoms. The quantitative estimate of drug-likeness (QED) is 0.624. The molecule has 3 heterocycles. The molecule has 0 bridgehead atoms. The van der Waals surface area contributed by atoms with Crippen LogP contribution in [0.15, 0.2) is 73.2 Å². The molecule has 0 unspecified atom stereocenters. The number of carbonyl (C=O) groups excluding carboxylic acids is 1. The van der Waals surface area contributed by atoms with Crippen LogP contribution in [-0.2, 0) is 6.54 Å². The first kappa shape index (κ1) is 15.2. The zero-order chi connectivity index (χ0) is 17.2. The SMILES string of the molecule is Cc1cccc2nc(CNC(=O)c3ccc(-n4cccc4)cc3)cn12. The molecule has 0 aliphatic rings. The Kier molecular flexibility index (Phi) is 3.82. The molecule has 0 aliphatic carbocycles. The van der Waals surface area contributed by atoms with Gasteiger partial charge in [-0.05, 0) is 55.5 Å². The number of amides is 1. The predicted molar refractivity (Wildman–Crippen MR) is 96.9 cm³/mol. The summed E-state index contributed by atoms with van der Waals surface area (Å²) in [5, 5.41) is 2.93. The number of hydrogen-bond donors (Lipinski definition) is 1. The third kappa shape index (κ3) is 3.04. The van der Waals surface area contributed by atoms with E-state index in [1.165, 1.54) is 0 Å². The molecule has 0 saturated heterocycles. The highest BCUT2D eigenvalue weighted by atomic mass is 16.1. The molecular weight excluding hydrogens is 312 g/mol. The third-order valence-electron chi connectivity index (χ3n) is 4.21. The zero-order valence-electron chi connectivity index (χ0n) is 13.9. The van der Waals surface area contributed by atoms with Gasteiger partial charge < -0.3 is 14.3 Å². The van der Waals surface area contributed by atoms with Crippen molar-refractivity contribution in [3.63, 3.8) is 0 Å². The highest BCUT2D eigenvalue weighted by Gasteiger charge is 2.08. The molecule has 3 aromatic heterocycles. The number of aryl methyl sites for hydroxylation is 1. The van der Waals surface area contributed by atoms with Crippen LogP contribution in [0.4, 0.5) is 0 Å². The van der Waals surface area contributed by atoms with Gasteiger partial charge in [0.1, 0.15) is 5.65 Å². The Morgan fingerprint density at radius 1 is 1.04 bits per heavy atom. The second kappa shape index (κ2) is 6.28. The van der Waals surface area contributed by atoms with Gasteiger partial charge in [-0.25, -0.2) is 4.98 Å². The van der Waals surface area contributed by atoms with E-state index < -0.39 is 0 Å². The Morgan fingerprint density at radius 3 is 2.52 bits per heavy atom. The summed E-state index contributed by atoms with van der Waals surface area (Å²) >= 11 is 0. The largest absolute Gasteiger partial charge is 0.346 e. The molecule has 5 nitrogen and oxygen atoms in total. The predicted octanol–water partition coefficient (Wildman–Crippen LogP) is 3.36. The molecule has 4 rings (SSSR count). The van der Waals surface area contributed by atoms with Crippen molar-refractivity contribution in [2.45, 2.75) is 13.5 Å². The van der Waals surface area contributed by atoms with Crippen LogP contribution in [0.1, 0.15) is 21.7 Å². The van der Waals surface area contributed by atoms with Gasteiger partial charge in [0.05, 0.1) is 12.2 Å². The smallest absolute Gasteiger partial charge is 0.251 e. The highest BCUT2D eigenvalue weighted by Crippen LogP contribution is 2.11. The van der Waals surface area contributed by atoms with Crippen LogP contribution in [0.25, 0.3) is 11.3 Å². The molecule has 0 saturated carbocycles. The summed E-state index contributed by atoms with van der Waals surface area (Å²) in [5.74, 6) is -0.104. The Hall–Kier alpha value is -3.34. The molecule has 1 aromatic carbocycles. The van der Waals surface area contributed by atoms with Gasteiger partial charge in [0, 0.05) is 35.5 Å². The van der Waals surface area contributed by atoms with Crippen LogP contribution in [-0.4, -0.2) is 19.9 Å². The Labute approximate surface area is 145 Å². The van der Waals surface area contributed by atoms with Gasteiger partial charge in [0.15, 0.2) is 0 Å². The topological polar surface area (TPSA) is 51.3 Å². The number of pyridine rings is 1. The van der Waals surface area contributed by atoms with Gasteiger partial charge in [-0.2, -0.15) is 0 Å². The van der Waals surface area contributed by atoms with Crippen molar-refractivity contribution in [3.05, 3.63) is 90.1 Å². The summed E-state index contributed by atoms with van der Waals surface area (Å²) in [4.78, 5) is 16.9. The summed E-state index contributed by atoms with van der Waals surface area (Å²) in [7, 11) is 0. The van der Waals surface area contributed by atoms with Crippen LogP contribution in [0, 0.1) is 6.92 Å². The van der Waals surface area contributed by atoms with Crippen molar-refractivity contribution in [1.29, 1.82) is 0 Å². The van der Waals surface area contributed by atoms with Gasteiger partial charge in [0.25, 0.3) is 5.91 Å². The Morgan fingerprint density at radius 2 is 1.80 bits per heavy atom. The van der Waals surface area contributed by atoms with Crippen molar-refractivity contribution in [1.82, 2.24) is 19.3 Å². The average Bonchev–Trinajstić information content (AvgIpc) is 3.30. The van der Waals surface area contributed by atoms with E-state index in [4.69, 9.17) is 0 Å². The van der Waals surface area contributed by atoms with Gasteiger partial charge in [0.2, 0.25) is 0 Å². The molecule has 1 amide bonds. The minimum atomic E-state index is -0.104. The number of fused-ring (bicyclic) bond motifs is 1. The van der Waals surface area contributed by atoms with Crippen molar-refractivity contribution < 1.29 is 4.79 Å². The first-order chi connectivity index (χ1) is 12.2. The molecule has 0 fully saturated rings. The number of carbonyl (C=O) groups is 1. The van der Waals surface area contributed by atoms with Gasteiger partial charge in [-0.3, -0.25) is 4.79 Å². The normalized spacial score (nSPS) is 10.9. The Bertz CT molecular complexity index is 1010. The van der Waals surface area contributed by atoms with E-state index in [0.717, 1.165) is 22.7 Å². The van der Waals surface area contributed by atoms with Crippen LogP contribution in [0.5, 0.6) is 0 Å². The molecular formula is C20H18N4O. The van der Waals surface area contributed by atoms with Crippen LogP contribution in [0.3, 0.4) is 0 Å². The average molecular weight is 330 g/mol. The van der Waals surface area contributed by atoms with Crippen molar-refractivity contribution >= 4 is 11.6 Å².